The Hall–Kier alpha value is -1.58. The molecule has 0 radical (unpaired) electrons. The van der Waals surface area contributed by atoms with Gasteiger partial charge in [-0.1, -0.05) is 41.4 Å². The zero-order valence-electron chi connectivity index (χ0n) is 10.7. The van der Waals surface area contributed by atoms with Crippen molar-refractivity contribution in [1.29, 1.82) is 5.26 Å². The summed E-state index contributed by atoms with van der Waals surface area (Å²) in [6.07, 6.45) is 0. The highest BCUT2D eigenvalue weighted by atomic mass is 35.5. The summed E-state index contributed by atoms with van der Waals surface area (Å²) in [5, 5.41) is 9.23. The molecule has 0 aliphatic carbocycles. The van der Waals surface area contributed by atoms with Crippen LogP contribution in [0.15, 0.2) is 47.4 Å². The molecule has 0 atom stereocenters. The summed E-state index contributed by atoms with van der Waals surface area (Å²) in [5.41, 5.74) is 0.956. The van der Waals surface area contributed by atoms with Gasteiger partial charge in [-0.05, 0) is 29.8 Å². The zero-order chi connectivity index (χ0) is 15.5. The lowest BCUT2D eigenvalue weighted by molar-refractivity contribution is 0.581. The summed E-state index contributed by atoms with van der Waals surface area (Å²) in [5.74, 6) is 0. The van der Waals surface area contributed by atoms with Crippen LogP contribution in [0.3, 0.4) is 0 Å². The van der Waals surface area contributed by atoms with Gasteiger partial charge in [0.05, 0.1) is 16.7 Å². The van der Waals surface area contributed by atoms with Gasteiger partial charge in [0.1, 0.15) is 4.90 Å². The standard InChI is InChI=1S/C14H10Cl2N2O2S/c15-12-4-2-1-3-11(12)9-18-21(19,20)14-6-5-10(8-17)7-13(14)16/h1-7,18H,9H2. The lowest BCUT2D eigenvalue weighted by atomic mass is 10.2. The molecule has 2 aromatic carbocycles. The molecule has 0 saturated heterocycles. The highest BCUT2D eigenvalue weighted by molar-refractivity contribution is 7.89. The van der Waals surface area contributed by atoms with Crippen LogP contribution in [-0.2, 0) is 16.6 Å². The van der Waals surface area contributed by atoms with E-state index in [0.717, 1.165) is 0 Å². The summed E-state index contributed by atoms with van der Waals surface area (Å²) in [6, 6.07) is 12.8. The Bertz CT molecular complexity index is 814. The Morgan fingerprint density at radius 1 is 1.10 bits per heavy atom. The van der Waals surface area contributed by atoms with Gasteiger partial charge in [-0.2, -0.15) is 5.26 Å². The summed E-state index contributed by atoms with van der Waals surface area (Å²) < 4.78 is 26.9. The maximum atomic E-state index is 12.2. The van der Waals surface area contributed by atoms with E-state index < -0.39 is 10.0 Å². The van der Waals surface area contributed by atoms with E-state index in [1.54, 1.807) is 24.3 Å². The molecule has 0 aromatic heterocycles. The van der Waals surface area contributed by atoms with Crippen molar-refractivity contribution in [1.82, 2.24) is 4.72 Å². The second kappa shape index (κ2) is 6.46. The molecule has 2 rings (SSSR count). The second-order valence-electron chi connectivity index (χ2n) is 4.17. The van der Waals surface area contributed by atoms with Crippen molar-refractivity contribution >= 4 is 33.2 Å². The first-order valence-electron chi connectivity index (χ1n) is 5.87. The number of nitrogens with zero attached hydrogens (tertiary/aromatic N) is 1. The van der Waals surface area contributed by atoms with Gasteiger partial charge < -0.3 is 0 Å². The predicted molar refractivity (Wildman–Crippen MR) is 81.6 cm³/mol. The molecular formula is C14H10Cl2N2O2S. The molecule has 0 saturated carbocycles. The van der Waals surface area contributed by atoms with Gasteiger partial charge in [-0.15, -0.1) is 0 Å². The first-order valence-corrected chi connectivity index (χ1v) is 8.10. The Morgan fingerprint density at radius 2 is 1.81 bits per heavy atom. The molecular weight excluding hydrogens is 331 g/mol. The van der Waals surface area contributed by atoms with Crippen molar-refractivity contribution in [3.05, 3.63) is 63.6 Å². The molecule has 4 nitrogen and oxygen atoms in total. The number of sulfonamides is 1. The fourth-order valence-electron chi connectivity index (χ4n) is 1.68. The minimum absolute atomic E-state index is 0.000656. The number of hydrogen-bond acceptors (Lipinski definition) is 3. The first-order chi connectivity index (χ1) is 9.94. The average molecular weight is 341 g/mol. The van der Waals surface area contributed by atoms with Crippen LogP contribution in [0.2, 0.25) is 10.0 Å². The van der Waals surface area contributed by atoms with Gasteiger partial charge in [-0.25, -0.2) is 13.1 Å². The van der Waals surface area contributed by atoms with Crippen molar-refractivity contribution in [3.8, 4) is 6.07 Å². The molecule has 7 heteroatoms. The molecule has 0 spiro atoms. The average Bonchev–Trinajstić information content (AvgIpc) is 2.46. The number of benzene rings is 2. The largest absolute Gasteiger partial charge is 0.242 e. The number of hydrogen-bond donors (Lipinski definition) is 1. The minimum atomic E-state index is -3.78. The second-order valence-corrected chi connectivity index (χ2v) is 6.72. The molecule has 0 bridgehead atoms. The van der Waals surface area contributed by atoms with Crippen LogP contribution in [0.25, 0.3) is 0 Å². The van der Waals surface area contributed by atoms with E-state index in [2.05, 4.69) is 4.72 Å². The van der Waals surface area contributed by atoms with E-state index in [1.807, 2.05) is 6.07 Å². The van der Waals surface area contributed by atoms with Crippen LogP contribution in [0.1, 0.15) is 11.1 Å². The van der Waals surface area contributed by atoms with E-state index in [1.165, 1.54) is 18.2 Å². The predicted octanol–water partition coefficient (Wildman–Crippen LogP) is 3.34. The van der Waals surface area contributed by atoms with E-state index in [4.69, 9.17) is 28.5 Å². The molecule has 21 heavy (non-hydrogen) atoms. The third-order valence-electron chi connectivity index (χ3n) is 2.76. The molecule has 1 N–H and O–H groups in total. The lowest BCUT2D eigenvalue weighted by Crippen LogP contribution is -2.23. The van der Waals surface area contributed by atoms with Crippen LogP contribution in [0.4, 0.5) is 0 Å². The summed E-state index contributed by atoms with van der Waals surface area (Å²) in [4.78, 5) is -0.0739. The zero-order valence-corrected chi connectivity index (χ0v) is 13.0. The molecule has 0 amide bonds. The topological polar surface area (TPSA) is 70.0 Å². The molecule has 2 aromatic rings. The summed E-state index contributed by atoms with van der Waals surface area (Å²) in [6.45, 7) is 0.0539. The van der Waals surface area contributed by atoms with Crippen molar-refractivity contribution < 1.29 is 8.42 Å². The number of halogens is 2. The molecule has 0 unspecified atom stereocenters. The maximum absolute atomic E-state index is 12.2. The van der Waals surface area contributed by atoms with E-state index in [-0.39, 0.29) is 16.5 Å². The van der Waals surface area contributed by atoms with Crippen molar-refractivity contribution in [3.63, 3.8) is 0 Å². The molecule has 0 heterocycles. The Kier molecular flexibility index (Phi) is 4.86. The van der Waals surface area contributed by atoms with E-state index in [0.29, 0.717) is 16.1 Å². The molecule has 0 fully saturated rings. The quantitative estimate of drug-likeness (QED) is 0.927. The Balaban J connectivity index is 2.24. The lowest BCUT2D eigenvalue weighted by Gasteiger charge is -2.09. The fourth-order valence-corrected chi connectivity index (χ4v) is 3.43. The molecule has 108 valence electrons. The fraction of sp³-hybridized carbons (Fsp3) is 0.0714. The van der Waals surface area contributed by atoms with Crippen LogP contribution >= 0.6 is 23.2 Å². The Labute approximate surface area is 133 Å². The van der Waals surface area contributed by atoms with Gasteiger partial charge in [0, 0.05) is 11.6 Å². The SMILES string of the molecule is N#Cc1ccc(S(=O)(=O)NCc2ccccc2Cl)c(Cl)c1. The smallest absolute Gasteiger partial charge is 0.207 e. The van der Waals surface area contributed by atoms with Gasteiger partial charge in [0.25, 0.3) is 0 Å². The number of rotatable bonds is 4. The van der Waals surface area contributed by atoms with Crippen molar-refractivity contribution in [2.24, 2.45) is 0 Å². The van der Waals surface area contributed by atoms with Crippen molar-refractivity contribution in [2.75, 3.05) is 0 Å². The third kappa shape index (κ3) is 3.74. The van der Waals surface area contributed by atoms with E-state index >= 15 is 0 Å². The van der Waals surface area contributed by atoms with Crippen LogP contribution in [0.5, 0.6) is 0 Å². The van der Waals surface area contributed by atoms with Gasteiger partial charge in [0.2, 0.25) is 10.0 Å². The maximum Gasteiger partial charge on any atom is 0.242 e. The van der Waals surface area contributed by atoms with Gasteiger partial charge in [-0.3, -0.25) is 0 Å². The van der Waals surface area contributed by atoms with Crippen molar-refractivity contribution in [2.45, 2.75) is 11.4 Å². The normalized spacial score (nSPS) is 11.1. The van der Waals surface area contributed by atoms with Gasteiger partial charge >= 0.3 is 0 Å². The number of nitrogens with one attached hydrogen (secondary N) is 1. The van der Waals surface area contributed by atoms with Crippen LogP contribution in [0, 0.1) is 11.3 Å². The Morgan fingerprint density at radius 3 is 2.43 bits per heavy atom. The van der Waals surface area contributed by atoms with Crippen LogP contribution < -0.4 is 4.72 Å². The first kappa shape index (κ1) is 15.8. The summed E-state index contributed by atoms with van der Waals surface area (Å²) >= 11 is 11.9. The molecule has 0 aliphatic heterocycles. The van der Waals surface area contributed by atoms with E-state index in [9.17, 15) is 8.42 Å². The minimum Gasteiger partial charge on any atom is -0.207 e. The van der Waals surface area contributed by atoms with Gasteiger partial charge in [0.15, 0.2) is 0 Å². The monoisotopic (exact) mass is 340 g/mol. The highest BCUT2D eigenvalue weighted by Gasteiger charge is 2.18. The van der Waals surface area contributed by atoms with Crippen LogP contribution in [-0.4, -0.2) is 8.42 Å². The number of nitriles is 1. The third-order valence-corrected chi connectivity index (χ3v) is 5.01. The molecule has 0 aliphatic rings. The summed E-state index contributed by atoms with van der Waals surface area (Å²) in [7, 11) is -3.78. The highest BCUT2D eigenvalue weighted by Crippen LogP contribution is 2.23.